The second-order valence-electron chi connectivity index (χ2n) is 6.02. The SMILES string of the molecule is CC(C)C(NC(=O)c1ccccc1)C(=O)NC(C)C(C)CO. The lowest BCUT2D eigenvalue weighted by Crippen LogP contribution is -2.52. The Morgan fingerprint density at radius 3 is 2.14 bits per heavy atom. The molecule has 0 saturated carbocycles. The lowest BCUT2D eigenvalue weighted by atomic mass is 10.00. The second kappa shape index (κ2) is 8.54. The van der Waals surface area contributed by atoms with Crippen LogP contribution in [0.25, 0.3) is 0 Å². The number of aliphatic hydroxyl groups is 1. The Balaban J connectivity index is 2.73. The zero-order valence-electron chi connectivity index (χ0n) is 13.7. The lowest BCUT2D eigenvalue weighted by molar-refractivity contribution is -0.125. The van der Waals surface area contributed by atoms with Gasteiger partial charge >= 0.3 is 0 Å². The van der Waals surface area contributed by atoms with Gasteiger partial charge in [-0.15, -0.1) is 0 Å². The van der Waals surface area contributed by atoms with Crippen molar-refractivity contribution < 1.29 is 14.7 Å². The standard InChI is InChI=1S/C17H26N2O3/c1-11(2)15(17(22)18-13(4)12(3)10-20)19-16(21)14-8-6-5-7-9-14/h5-9,11-13,15,20H,10H2,1-4H3,(H,18,22)(H,19,21). The minimum absolute atomic E-state index is 0.00413. The van der Waals surface area contributed by atoms with Gasteiger partial charge in [0.2, 0.25) is 5.91 Å². The Labute approximate surface area is 132 Å². The summed E-state index contributed by atoms with van der Waals surface area (Å²) in [6, 6.07) is 8.05. The molecule has 0 saturated heterocycles. The van der Waals surface area contributed by atoms with Crippen molar-refractivity contribution >= 4 is 11.8 Å². The van der Waals surface area contributed by atoms with E-state index in [-0.39, 0.29) is 36.3 Å². The van der Waals surface area contributed by atoms with Gasteiger partial charge in [0.05, 0.1) is 0 Å². The number of rotatable bonds is 7. The third kappa shape index (κ3) is 5.15. The molecule has 1 aromatic rings. The van der Waals surface area contributed by atoms with Crippen molar-refractivity contribution in [2.45, 2.75) is 39.8 Å². The van der Waals surface area contributed by atoms with Crippen LogP contribution in [0.4, 0.5) is 0 Å². The van der Waals surface area contributed by atoms with E-state index in [4.69, 9.17) is 5.11 Å². The summed E-state index contributed by atoms with van der Waals surface area (Å²) in [6.07, 6.45) is 0. The number of hydrogen-bond acceptors (Lipinski definition) is 3. The van der Waals surface area contributed by atoms with Crippen molar-refractivity contribution in [3.8, 4) is 0 Å². The molecule has 3 N–H and O–H groups in total. The van der Waals surface area contributed by atoms with Crippen molar-refractivity contribution in [1.82, 2.24) is 10.6 Å². The van der Waals surface area contributed by atoms with Gasteiger partial charge in [0.15, 0.2) is 0 Å². The number of aliphatic hydroxyl groups excluding tert-OH is 1. The number of carbonyl (C=O) groups excluding carboxylic acids is 2. The molecule has 1 aromatic carbocycles. The van der Waals surface area contributed by atoms with Crippen LogP contribution in [0.2, 0.25) is 0 Å². The molecular formula is C17H26N2O3. The van der Waals surface area contributed by atoms with Gasteiger partial charge in [-0.25, -0.2) is 0 Å². The molecule has 122 valence electrons. The molecule has 0 heterocycles. The fraction of sp³-hybridized carbons (Fsp3) is 0.529. The minimum Gasteiger partial charge on any atom is -0.396 e. The summed E-state index contributed by atoms with van der Waals surface area (Å²) in [5.74, 6) is -0.574. The summed E-state index contributed by atoms with van der Waals surface area (Å²) in [7, 11) is 0. The van der Waals surface area contributed by atoms with Gasteiger partial charge < -0.3 is 15.7 Å². The van der Waals surface area contributed by atoms with Gasteiger partial charge in [0.1, 0.15) is 6.04 Å². The molecule has 0 bridgehead atoms. The van der Waals surface area contributed by atoms with E-state index in [1.807, 2.05) is 33.8 Å². The molecule has 5 heteroatoms. The van der Waals surface area contributed by atoms with E-state index in [1.165, 1.54) is 0 Å². The molecular weight excluding hydrogens is 280 g/mol. The molecule has 0 radical (unpaired) electrons. The molecule has 22 heavy (non-hydrogen) atoms. The average Bonchev–Trinajstić information content (AvgIpc) is 2.51. The monoisotopic (exact) mass is 306 g/mol. The zero-order chi connectivity index (χ0) is 16.7. The zero-order valence-corrected chi connectivity index (χ0v) is 13.7. The first kappa shape index (κ1) is 18.2. The molecule has 5 nitrogen and oxygen atoms in total. The smallest absolute Gasteiger partial charge is 0.251 e. The number of nitrogens with one attached hydrogen (secondary N) is 2. The Kier molecular flexibility index (Phi) is 7.05. The van der Waals surface area contributed by atoms with Crippen molar-refractivity contribution in [3.05, 3.63) is 35.9 Å². The second-order valence-corrected chi connectivity index (χ2v) is 6.02. The van der Waals surface area contributed by atoms with E-state index >= 15 is 0 Å². The van der Waals surface area contributed by atoms with Crippen LogP contribution < -0.4 is 10.6 Å². The number of carbonyl (C=O) groups is 2. The summed E-state index contributed by atoms with van der Waals surface area (Å²) >= 11 is 0. The summed E-state index contributed by atoms with van der Waals surface area (Å²) in [6.45, 7) is 7.47. The van der Waals surface area contributed by atoms with Crippen LogP contribution in [0.5, 0.6) is 0 Å². The predicted molar refractivity (Wildman–Crippen MR) is 86.4 cm³/mol. The van der Waals surface area contributed by atoms with E-state index in [9.17, 15) is 9.59 Å². The molecule has 2 amide bonds. The quantitative estimate of drug-likeness (QED) is 0.715. The molecule has 3 unspecified atom stereocenters. The van der Waals surface area contributed by atoms with Crippen LogP contribution in [0, 0.1) is 11.8 Å². The topological polar surface area (TPSA) is 78.4 Å². The van der Waals surface area contributed by atoms with E-state index < -0.39 is 6.04 Å². The van der Waals surface area contributed by atoms with Crippen LogP contribution in [-0.4, -0.2) is 35.6 Å². The first-order valence-electron chi connectivity index (χ1n) is 7.64. The molecule has 0 aromatic heterocycles. The minimum atomic E-state index is -0.610. The largest absolute Gasteiger partial charge is 0.396 e. The molecule has 1 rings (SSSR count). The van der Waals surface area contributed by atoms with Crippen LogP contribution in [0.15, 0.2) is 30.3 Å². The van der Waals surface area contributed by atoms with Gasteiger partial charge in [0.25, 0.3) is 5.91 Å². The van der Waals surface area contributed by atoms with E-state index in [1.54, 1.807) is 24.3 Å². The first-order chi connectivity index (χ1) is 10.4. The summed E-state index contributed by atoms with van der Waals surface area (Å²) in [5, 5.41) is 14.8. The fourth-order valence-corrected chi connectivity index (χ4v) is 1.96. The molecule has 0 aliphatic carbocycles. The van der Waals surface area contributed by atoms with Crippen LogP contribution in [-0.2, 0) is 4.79 Å². The molecule has 0 fully saturated rings. The highest BCUT2D eigenvalue weighted by Crippen LogP contribution is 2.07. The van der Waals surface area contributed by atoms with Crippen LogP contribution in [0.1, 0.15) is 38.1 Å². The summed E-state index contributed by atoms with van der Waals surface area (Å²) < 4.78 is 0. The van der Waals surface area contributed by atoms with Crippen molar-refractivity contribution in [1.29, 1.82) is 0 Å². The average molecular weight is 306 g/mol. The number of hydrogen-bond donors (Lipinski definition) is 3. The van der Waals surface area contributed by atoms with E-state index in [2.05, 4.69) is 10.6 Å². The number of benzene rings is 1. The molecule has 0 aliphatic rings. The van der Waals surface area contributed by atoms with Crippen molar-refractivity contribution in [2.75, 3.05) is 6.61 Å². The highest BCUT2D eigenvalue weighted by Gasteiger charge is 2.26. The molecule has 0 aliphatic heterocycles. The highest BCUT2D eigenvalue weighted by atomic mass is 16.3. The fourth-order valence-electron chi connectivity index (χ4n) is 1.96. The maximum absolute atomic E-state index is 12.4. The Morgan fingerprint density at radius 1 is 1.05 bits per heavy atom. The normalized spacial score (nSPS) is 15.0. The van der Waals surface area contributed by atoms with Crippen LogP contribution >= 0.6 is 0 Å². The van der Waals surface area contributed by atoms with Crippen LogP contribution in [0.3, 0.4) is 0 Å². The maximum Gasteiger partial charge on any atom is 0.251 e. The third-order valence-electron chi connectivity index (χ3n) is 3.78. The Bertz CT molecular complexity index is 488. The van der Waals surface area contributed by atoms with E-state index in [0.717, 1.165) is 0 Å². The van der Waals surface area contributed by atoms with Gasteiger partial charge in [-0.05, 0) is 30.9 Å². The van der Waals surface area contributed by atoms with Gasteiger partial charge in [-0.3, -0.25) is 9.59 Å². The summed E-state index contributed by atoms with van der Waals surface area (Å²) in [4.78, 5) is 24.6. The van der Waals surface area contributed by atoms with Crippen molar-refractivity contribution in [3.63, 3.8) is 0 Å². The van der Waals surface area contributed by atoms with Gasteiger partial charge in [0, 0.05) is 18.2 Å². The molecule has 3 atom stereocenters. The van der Waals surface area contributed by atoms with Gasteiger partial charge in [-0.1, -0.05) is 39.0 Å². The molecule has 0 spiro atoms. The highest BCUT2D eigenvalue weighted by molar-refractivity contribution is 5.97. The third-order valence-corrected chi connectivity index (χ3v) is 3.78. The first-order valence-corrected chi connectivity index (χ1v) is 7.64. The van der Waals surface area contributed by atoms with Crippen molar-refractivity contribution in [2.24, 2.45) is 11.8 Å². The maximum atomic E-state index is 12.4. The summed E-state index contributed by atoms with van der Waals surface area (Å²) in [5.41, 5.74) is 0.526. The van der Waals surface area contributed by atoms with Gasteiger partial charge in [-0.2, -0.15) is 0 Å². The predicted octanol–water partition coefficient (Wildman–Crippen LogP) is 1.57. The van der Waals surface area contributed by atoms with E-state index in [0.29, 0.717) is 5.56 Å². The lowest BCUT2D eigenvalue weighted by Gasteiger charge is -2.26. The Morgan fingerprint density at radius 2 is 1.64 bits per heavy atom. The number of amides is 2. The Hall–Kier alpha value is -1.88.